The Kier molecular flexibility index (Phi) is 5.36. The summed E-state index contributed by atoms with van der Waals surface area (Å²) in [7, 11) is 1.50. The second-order valence-corrected chi connectivity index (χ2v) is 4.92. The molecule has 23 heavy (non-hydrogen) atoms. The number of esters is 2. The van der Waals surface area contributed by atoms with Crippen molar-refractivity contribution in [3.8, 4) is 11.5 Å². The molecule has 0 saturated carbocycles. The minimum absolute atomic E-state index is 0.268. The van der Waals surface area contributed by atoms with Crippen molar-refractivity contribution in [1.82, 2.24) is 0 Å². The summed E-state index contributed by atoms with van der Waals surface area (Å²) in [6, 6.07) is 12.9. The topological polar surface area (TPSA) is 61.8 Å². The molecule has 120 valence electrons. The predicted molar refractivity (Wildman–Crippen MR) is 84.6 cm³/mol. The molecule has 0 amide bonds. The molecule has 0 fully saturated rings. The Hall–Kier alpha value is -2.82. The molecule has 2 rings (SSSR count). The van der Waals surface area contributed by atoms with Gasteiger partial charge >= 0.3 is 11.9 Å². The molecule has 2 aromatic rings. The minimum atomic E-state index is -0.706. The highest BCUT2D eigenvalue weighted by Crippen LogP contribution is 2.33. The summed E-state index contributed by atoms with van der Waals surface area (Å²) in [6.45, 7) is 3.28. The second-order valence-electron chi connectivity index (χ2n) is 4.92. The normalized spacial score (nSPS) is 10.0. The fourth-order valence-electron chi connectivity index (χ4n) is 2.18. The summed E-state index contributed by atoms with van der Waals surface area (Å²) in [5.74, 6) is -0.396. The molecule has 0 aliphatic heterocycles. The fraction of sp³-hybridized carbons (Fsp3) is 0.222. The van der Waals surface area contributed by atoms with Crippen LogP contribution in [0.5, 0.6) is 11.5 Å². The van der Waals surface area contributed by atoms with Crippen LogP contribution in [0.1, 0.15) is 28.4 Å². The first kappa shape index (κ1) is 16.5. The summed E-state index contributed by atoms with van der Waals surface area (Å²) in [6.07, 6.45) is 0. The predicted octanol–water partition coefficient (Wildman–Crippen LogP) is 3.29. The maximum absolute atomic E-state index is 11.9. The number of rotatable bonds is 5. The van der Waals surface area contributed by atoms with Crippen molar-refractivity contribution in [3.63, 3.8) is 0 Å². The Morgan fingerprint density at radius 1 is 1.04 bits per heavy atom. The van der Waals surface area contributed by atoms with Crippen molar-refractivity contribution in [2.45, 2.75) is 20.5 Å². The average molecular weight is 314 g/mol. The average Bonchev–Trinajstić information content (AvgIpc) is 2.53. The van der Waals surface area contributed by atoms with E-state index in [2.05, 4.69) is 4.74 Å². The maximum Gasteiger partial charge on any atom is 0.346 e. The van der Waals surface area contributed by atoms with Crippen LogP contribution in [-0.4, -0.2) is 19.0 Å². The molecule has 0 unspecified atom stereocenters. The Morgan fingerprint density at radius 3 is 2.35 bits per heavy atom. The highest BCUT2D eigenvalue weighted by molar-refractivity contribution is 5.98. The summed E-state index contributed by atoms with van der Waals surface area (Å²) in [5.41, 5.74) is 1.85. The van der Waals surface area contributed by atoms with Crippen molar-refractivity contribution >= 4 is 11.9 Å². The van der Waals surface area contributed by atoms with Gasteiger partial charge in [0.05, 0.1) is 12.7 Å². The van der Waals surface area contributed by atoms with Gasteiger partial charge in [0.1, 0.15) is 6.61 Å². The molecule has 0 spiro atoms. The van der Waals surface area contributed by atoms with Crippen molar-refractivity contribution in [1.29, 1.82) is 0 Å². The zero-order valence-corrected chi connectivity index (χ0v) is 13.3. The van der Waals surface area contributed by atoms with Gasteiger partial charge in [0, 0.05) is 12.5 Å². The summed E-state index contributed by atoms with van der Waals surface area (Å²) >= 11 is 0. The van der Waals surface area contributed by atoms with Crippen LogP contribution in [0.15, 0.2) is 42.5 Å². The van der Waals surface area contributed by atoms with Gasteiger partial charge in [-0.3, -0.25) is 4.79 Å². The van der Waals surface area contributed by atoms with Crippen LogP contribution < -0.4 is 9.47 Å². The van der Waals surface area contributed by atoms with E-state index < -0.39 is 11.9 Å². The second kappa shape index (κ2) is 7.45. The van der Waals surface area contributed by atoms with E-state index in [0.717, 1.165) is 5.56 Å². The molecule has 0 aliphatic carbocycles. The molecular formula is C18H18O5. The van der Waals surface area contributed by atoms with E-state index in [-0.39, 0.29) is 5.56 Å². The van der Waals surface area contributed by atoms with Gasteiger partial charge < -0.3 is 14.2 Å². The van der Waals surface area contributed by atoms with Gasteiger partial charge in [0.25, 0.3) is 0 Å². The standard InChI is InChI=1S/C18H18O5/c1-12-15(18(20)23-13(2)19)9-10-16(17(12)21-3)22-11-14-7-5-4-6-8-14/h4-10H,11H2,1-3H3. The zero-order valence-electron chi connectivity index (χ0n) is 13.3. The summed E-state index contributed by atoms with van der Waals surface area (Å²) < 4.78 is 15.7. The lowest BCUT2D eigenvalue weighted by Gasteiger charge is -2.15. The lowest BCUT2D eigenvalue weighted by atomic mass is 10.1. The molecule has 0 atom stereocenters. The SMILES string of the molecule is COc1c(OCc2ccccc2)ccc(C(=O)OC(C)=O)c1C. The van der Waals surface area contributed by atoms with E-state index in [1.165, 1.54) is 14.0 Å². The van der Waals surface area contributed by atoms with E-state index in [0.29, 0.717) is 23.7 Å². The Balaban J connectivity index is 2.23. The van der Waals surface area contributed by atoms with E-state index in [1.807, 2.05) is 30.3 Å². The summed E-state index contributed by atoms with van der Waals surface area (Å²) in [4.78, 5) is 22.8. The molecule has 5 heteroatoms. The van der Waals surface area contributed by atoms with E-state index >= 15 is 0 Å². The quantitative estimate of drug-likeness (QED) is 0.626. The Labute approximate surface area is 134 Å². The van der Waals surface area contributed by atoms with Gasteiger partial charge in [0.15, 0.2) is 11.5 Å². The van der Waals surface area contributed by atoms with Crippen LogP contribution in [0, 0.1) is 6.92 Å². The van der Waals surface area contributed by atoms with Crippen LogP contribution in [0.4, 0.5) is 0 Å². The largest absolute Gasteiger partial charge is 0.493 e. The number of ether oxygens (including phenoxy) is 3. The van der Waals surface area contributed by atoms with Gasteiger partial charge in [0.2, 0.25) is 0 Å². The molecule has 0 radical (unpaired) electrons. The lowest BCUT2D eigenvalue weighted by Crippen LogP contribution is -2.11. The number of benzene rings is 2. The molecule has 0 N–H and O–H groups in total. The molecule has 0 heterocycles. The van der Waals surface area contributed by atoms with Gasteiger partial charge in [-0.1, -0.05) is 30.3 Å². The van der Waals surface area contributed by atoms with E-state index in [9.17, 15) is 9.59 Å². The first-order valence-corrected chi connectivity index (χ1v) is 7.10. The highest BCUT2D eigenvalue weighted by Gasteiger charge is 2.19. The van der Waals surface area contributed by atoms with Crippen molar-refractivity contribution in [3.05, 3.63) is 59.2 Å². The monoisotopic (exact) mass is 314 g/mol. The Bertz CT molecular complexity index is 707. The molecule has 0 bridgehead atoms. The summed E-state index contributed by atoms with van der Waals surface area (Å²) in [5, 5.41) is 0. The molecular weight excluding hydrogens is 296 g/mol. The van der Waals surface area contributed by atoms with Crippen LogP contribution in [0.3, 0.4) is 0 Å². The lowest BCUT2D eigenvalue weighted by molar-refractivity contribution is -0.135. The zero-order chi connectivity index (χ0) is 16.8. The highest BCUT2D eigenvalue weighted by atomic mass is 16.6. The van der Waals surface area contributed by atoms with Crippen molar-refractivity contribution in [2.24, 2.45) is 0 Å². The third-order valence-electron chi connectivity index (χ3n) is 3.27. The van der Waals surface area contributed by atoms with Crippen LogP contribution in [-0.2, 0) is 16.1 Å². The number of hydrogen-bond acceptors (Lipinski definition) is 5. The van der Waals surface area contributed by atoms with Crippen molar-refractivity contribution in [2.75, 3.05) is 7.11 Å². The number of carbonyl (C=O) groups excluding carboxylic acids is 2. The van der Waals surface area contributed by atoms with E-state index in [4.69, 9.17) is 9.47 Å². The Morgan fingerprint density at radius 2 is 1.74 bits per heavy atom. The van der Waals surface area contributed by atoms with E-state index in [1.54, 1.807) is 19.1 Å². The van der Waals surface area contributed by atoms with Crippen LogP contribution >= 0.6 is 0 Å². The third kappa shape index (κ3) is 4.10. The van der Waals surface area contributed by atoms with Gasteiger partial charge in [-0.05, 0) is 24.6 Å². The number of methoxy groups -OCH3 is 1. The third-order valence-corrected chi connectivity index (χ3v) is 3.27. The minimum Gasteiger partial charge on any atom is -0.493 e. The molecule has 5 nitrogen and oxygen atoms in total. The molecule has 0 aliphatic rings. The van der Waals surface area contributed by atoms with Gasteiger partial charge in [-0.15, -0.1) is 0 Å². The molecule has 0 aromatic heterocycles. The van der Waals surface area contributed by atoms with Crippen molar-refractivity contribution < 1.29 is 23.8 Å². The maximum atomic E-state index is 11.9. The van der Waals surface area contributed by atoms with Gasteiger partial charge in [-0.2, -0.15) is 0 Å². The smallest absolute Gasteiger partial charge is 0.346 e. The fourth-order valence-corrected chi connectivity index (χ4v) is 2.18. The van der Waals surface area contributed by atoms with Crippen LogP contribution in [0.25, 0.3) is 0 Å². The molecule has 2 aromatic carbocycles. The first-order valence-electron chi connectivity index (χ1n) is 7.10. The number of carbonyl (C=O) groups is 2. The number of hydrogen-bond donors (Lipinski definition) is 0. The van der Waals surface area contributed by atoms with Gasteiger partial charge in [-0.25, -0.2) is 4.79 Å². The molecule has 0 saturated heterocycles. The first-order chi connectivity index (χ1) is 11.0. The van der Waals surface area contributed by atoms with Crippen LogP contribution in [0.2, 0.25) is 0 Å².